The second-order valence-electron chi connectivity index (χ2n) is 10.8. The summed E-state index contributed by atoms with van der Waals surface area (Å²) in [6.45, 7) is 8.81. The number of nitrogens with one attached hydrogen (secondary N) is 1. The number of nitrogens with two attached hydrogens (primary N) is 2. The number of benzene rings is 2. The first-order valence-electron chi connectivity index (χ1n) is 13.5. The van der Waals surface area contributed by atoms with Crippen molar-refractivity contribution in [3.05, 3.63) is 88.1 Å². The highest BCUT2D eigenvalue weighted by Gasteiger charge is 2.30. The van der Waals surface area contributed by atoms with E-state index in [-0.39, 0.29) is 0 Å². The number of allylic oxidation sites excluding steroid dienone is 4. The molecule has 2 aromatic carbocycles. The maximum Gasteiger partial charge on any atom is 0.128 e. The molecule has 2 heterocycles. The minimum atomic E-state index is -0.955. The predicted octanol–water partition coefficient (Wildman–Crippen LogP) is 5.78. The molecule has 4 rings (SSSR count). The summed E-state index contributed by atoms with van der Waals surface area (Å²) in [4.78, 5) is 2.46. The normalized spacial score (nSPS) is 19.4. The Hall–Kier alpha value is -2.77. The van der Waals surface area contributed by atoms with E-state index in [1.165, 1.54) is 0 Å². The van der Waals surface area contributed by atoms with E-state index in [1.807, 2.05) is 42.5 Å². The number of anilines is 1. The van der Waals surface area contributed by atoms with Crippen LogP contribution < -0.4 is 21.5 Å². The molecule has 0 spiro atoms. The van der Waals surface area contributed by atoms with Gasteiger partial charge in [0.1, 0.15) is 12.4 Å². The van der Waals surface area contributed by atoms with Gasteiger partial charge in [-0.05, 0) is 87.1 Å². The fraction of sp³-hybridized carbons (Fsp3) is 0.419. The van der Waals surface area contributed by atoms with Crippen molar-refractivity contribution in [2.24, 2.45) is 11.5 Å². The second-order valence-corrected chi connectivity index (χ2v) is 11.3. The Kier molecular flexibility index (Phi) is 8.89. The summed E-state index contributed by atoms with van der Waals surface area (Å²) in [5.41, 5.74) is 17.4. The van der Waals surface area contributed by atoms with Crippen LogP contribution in [-0.2, 0) is 5.60 Å². The molecular weight excluding hydrogens is 496 g/mol. The van der Waals surface area contributed by atoms with Crippen LogP contribution in [0.4, 0.5) is 5.69 Å². The molecule has 204 valence electrons. The number of hydrogen-bond donors (Lipinski definition) is 4. The molecule has 0 atom stereocenters. The van der Waals surface area contributed by atoms with Gasteiger partial charge in [0.2, 0.25) is 0 Å². The molecule has 1 saturated heterocycles. The lowest BCUT2D eigenvalue weighted by Gasteiger charge is -2.40. The van der Waals surface area contributed by atoms with E-state index < -0.39 is 11.3 Å². The minimum Gasteiger partial charge on any atom is -0.487 e. The van der Waals surface area contributed by atoms with Gasteiger partial charge in [-0.2, -0.15) is 0 Å². The van der Waals surface area contributed by atoms with Crippen molar-refractivity contribution in [2.45, 2.75) is 57.7 Å². The molecule has 0 bridgehead atoms. The molecule has 2 aliphatic heterocycles. The molecule has 0 radical (unpaired) electrons. The van der Waals surface area contributed by atoms with Gasteiger partial charge in [-0.25, -0.2) is 0 Å². The van der Waals surface area contributed by atoms with Crippen molar-refractivity contribution < 1.29 is 9.84 Å². The molecule has 6 nitrogen and oxygen atoms in total. The lowest BCUT2D eigenvalue weighted by atomic mass is 9.89. The number of piperidine rings is 1. The average molecular weight is 537 g/mol. The first-order chi connectivity index (χ1) is 18.1. The molecule has 0 amide bonds. The molecule has 0 unspecified atom stereocenters. The monoisotopic (exact) mass is 536 g/mol. The van der Waals surface area contributed by atoms with Gasteiger partial charge in [-0.1, -0.05) is 42.8 Å². The van der Waals surface area contributed by atoms with Crippen molar-refractivity contribution in [1.82, 2.24) is 4.90 Å². The zero-order chi connectivity index (χ0) is 27.3. The first-order valence-corrected chi connectivity index (χ1v) is 13.9. The highest BCUT2D eigenvalue weighted by molar-refractivity contribution is 6.30. The van der Waals surface area contributed by atoms with Crippen molar-refractivity contribution >= 4 is 22.9 Å². The molecule has 0 aromatic heterocycles. The Morgan fingerprint density at radius 2 is 1.87 bits per heavy atom. The fourth-order valence-electron chi connectivity index (χ4n) is 4.96. The van der Waals surface area contributed by atoms with Crippen molar-refractivity contribution in [3.8, 4) is 5.75 Å². The predicted molar refractivity (Wildman–Crippen MR) is 158 cm³/mol. The molecule has 2 aliphatic rings. The van der Waals surface area contributed by atoms with Crippen molar-refractivity contribution in [3.63, 3.8) is 0 Å². The van der Waals surface area contributed by atoms with Crippen LogP contribution in [0.5, 0.6) is 5.75 Å². The van der Waals surface area contributed by atoms with Crippen LogP contribution in [0.1, 0.15) is 57.6 Å². The Labute approximate surface area is 232 Å². The topological polar surface area (TPSA) is 96.8 Å². The summed E-state index contributed by atoms with van der Waals surface area (Å²) in [5.74, 6) is 0.784. The summed E-state index contributed by atoms with van der Waals surface area (Å²) in [7, 11) is 0. The Morgan fingerprint density at radius 3 is 2.53 bits per heavy atom. The molecule has 7 heteroatoms. The summed E-state index contributed by atoms with van der Waals surface area (Å²) < 4.78 is 6.07. The lowest BCUT2D eigenvalue weighted by molar-refractivity contribution is 0.0785. The van der Waals surface area contributed by atoms with E-state index in [9.17, 15) is 5.11 Å². The smallest absolute Gasteiger partial charge is 0.128 e. The van der Waals surface area contributed by atoms with Gasteiger partial charge in [0.05, 0.1) is 17.0 Å². The maximum atomic E-state index is 10.7. The molecule has 2 aromatic rings. The van der Waals surface area contributed by atoms with Crippen LogP contribution in [0.2, 0.25) is 5.02 Å². The number of hydrogen-bond acceptors (Lipinski definition) is 6. The quantitative estimate of drug-likeness (QED) is 0.320. The van der Waals surface area contributed by atoms with Gasteiger partial charge in [-0.15, -0.1) is 0 Å². The third-order valence-electron chi connectivity index (χ3n) is 7.30. The number of ether oxygens (including phenoxy) is 1. The maximum absolute atomic E-state index is 10.7. The van der Waals surface area contributed by atoms with Gasteiger partial charge in [0.15, 0.2) is 0 Å². The van der Waals surface area contributed by atoms with E-state index in [2.05, 4.69) is 35.4 Å². The van der Waals surface area contributed by atoms with Crippen molar-refractivity contribution in [1.29, 1.82) is 0 Å². The van der Waals surface area contributed by atoms with E-state index >= 15 is 0 Å². The van der Waals surface area contributed by atoms with E-state index in [4.69, 9.17) is 27.8 Å². The van der Waals surface area contributed by atoms with Crippen LogP contribution in [-0.4, -0.2) is 41.9 Å². The van der Waals surface area contributed by atoms with E-state index in [1.54, 1.807) is 13.8 Å². The largest absolute Gasteiger partial charge is 0.487 e. The third kappa shape index (κ3) is 7.00. The van der Waals surface area contributed by atoms with Crippen LogP contribution >= 0.6 is 11.6 Å². The Bertz CT molecular complexity index is 1200. The highest BCUT2D eigenvalue weighted by Crippen LogP contribution is 2.38. The van der Waals surface area contributed by atoms with Gasteiger partial charge in [0.25, 0.3) is 0 Å². The van der Waals surface area contributed by atoms with Crippen LogP contribution in [0.15, 0.2) is 72.0 Å². The van der Waals surface area contributed by atoms with Crippen LogP contribution in [0.25, 0.3) is 5.57 Å². The summed E-state index contributed by atoms with van der Waals surface area (Å²) in [6.07, 6.45) is 9.98. The molecule has 0 aliphatic carbocycles. The summed E-state index contributed by atoms with van der Waals surface area (Å²) in [6, 6.07) is 13.6. The highest BCUT2D eigenvalue weighted by atomic mass is 35.5. The first kappa shape index (κ1) is 28.2. The van der Waals surface area contributed by atoms with Crippen LogP contribution in [0.3, 0.4) is 0 Å². The average Bonchev–Trinajstić information content (AvgIpc) is 3.01. The number of aliphatic hydroxyl groups is 1. The van der Waals surface area contributed by atoms with Gasteiger partial charge >= 0.3 is 0 Å². The van der Waals surface area contributed by atoms with Crippen molar-refractivity contribution in [2.75, 3.05) is 31.6 Å². The zero-order valence-corrected chi connectivity index (χ0v) is 23.5. The SMILES string of the molecule is CC/C=C\C1=C(N)COc2ccc(C(C)(C)O)cc2/C1=C/CCN1CCC(N)(Nc2ccc(Cl)cc2)CC1. The standard InChI is InChI=1S/C31H41ClN4O2/c1-4-5-7-26-25(27-20-22(30(2,3)37)9-14-29(27)38-21-28(26)33)8-6-17-36-18-15-31(34,16-19-36)35-24-12-10-23(32)11-13-24/h5,7-14,20,35,37H,4,6,15-19,21,33-34H2,1-3H3/b7-5-,25-8+. The van der Waals surface area contributed by atoms with Gasteiger partial charge in [0, 0.05) is 41.5 Å². The fourth-order valence-corrected chi connectivity index (χ4v) is 5.09. The second kappa shape index (κ2) is 12.0. The Balaban J connectivity index is 1.49. The van der Waals surface area contributed by atoms with E-state index in [0.717, 1.165) is 84.1 Å². The Morgan fingerprint density at radius 1 is 1.16 bits per heavy atom. The summed E-state index contributed by atoms with van der Waals surface area (Å²) in [5, 5.41) is 14.9. The number of fused-ring (bicyclic) bond motifs is 1. The number of likely N-dealkylation sites (tertiary alicyclic amines) is 1. The molecule has 38 heavy (non-hydrogen) atoms. The molecular formula is C31H41ClN4O2. The third-order valence-corrected chi connectivity index (χ3v) is 7.55. The number of rotatable bonds is 8. The molecule has 0 saturated carbocycles. The van der Waals surface area contributed by atoms with Gasteiger partial charge in [-0.3, -0.25) is 0 Å². The van der Waals surface area contributed by atoms with Crippen LogP contribution in [0, 0.1) is 0 Å². The minimum absolute atomic E-state index is 0.334. The zero-order valence-electron chi connectivity index (χ0n) is 22.8. The molecule has 6 N–H and O–H groups in total. The lowest BCUT2D eigenvalue weighted by Crippen LogP contribution is -2.55. The van der Waals surface area contributed by atoms with E-state index in [0.29, 0.717) is 12.3 Å². The summed E-state index contributed by atoms with van der Waals surface area (Å²) >= 11 is 6.02. The number of halogens is 1. The van der Waals surface area contributed by atoms with Gasteiger partial charge < -0.3 is 31.5 Å². The number of nitrogens with zero attached hydrogens (tertiary/aromatic N) is 1. The molecule has 1 fully saturated rings.